The number of likely N-dealkylation sites (tertiary alicyclic amines) is 1. The van der Waals surface area contributed by atoms with Gasteiger partial charge in [-0.15, -0.1) is 0 Å². The molecule has 23 heavy (non-hydrogen) atoms. The third-order valence-corrected chi connectivity index (χ3v) is 4.41. The van der Waals surface area contributed by atoms with Crippen molar-refractivity contribution in [2.45, 2.75) is 24.9 Å². The van der Waals surface area contributed by atoms with Gasteiger partial charge in [0.15, 0.2) is 0 Å². The van der Waals surface area contributed by atoms with Gasteiger partial charge in [0, 0.05) is 18.9 Å². The zero-order chi connectivity index (χ0) is 16.3. The van der Waals surface area contributed by atoms with Gasteiger partial charge in [-0.25, -0.2) is 0 Å². The SMILES string of the molecule is COc1cccc(CN2CCCC2(C(N)=O)c2cnccn2)c1. The molecule has 0 aliphatic carbocycles. The Kier molecular flexibility index (Phi) is 4.25. The number of hydrogen-bond acceptors (Lipinski definition) is 5. The zero-order valence-corrected chi connectivity index (χ0v) is 13.1. The Morgan fingerprint density at radius 1 is 1.43 bits per heavy atom. The minimum absolute atomic E-state index is 0.376. The highest BCUT2D eigenvalue weighted by Gasteiger charge is 2.48. The monoisotopic (exact) mass is 312 g/mol. The fourth-order valence-electron chi connectivity index (χ4n) is 3.29. The van der Waals surface area contributed by atoms with Gasteiger partial charge in [0.25, 0.3) is 0 Å². The molecule has 6 nitrogen and oxygen atoms in total. The van der Waals surface area contributed by atoms with Gasteiger partial charge in [0.2, 0.25) is 5.91 Å². The van der Waals surface area contributed by atoms with Crippen LogP contribution in [0.25, 0.3) is 0 Å². The number of carbonyl (C=O) groups is 1. The molecule has 1 aliphatic rings. The molecule has 1 atom stereocenters. The third-order valence-electron chi connectivity index (χ3n) is 4.41. The Balaban J connectivity index is 1.95. The molecule has 2 N–H and O–H groups in total. The highest BCUT2D eigenvalue weighted by Crippen LogP contribution is 2.38. The fourth-order valence-corrected chi connectivity index (χ4v) is 3.29. The molecule has 2 aromatic rings. The van der Waals surface area contributed by atoms with E-state index in [0.29, 0.717) is 18.7 Å². The lowest BCUT2D eigenvalue weighted by atomic mass is 9.91. The van der Waals surface area contributed by atoms with E-state index < -0.39 is 5.54 Å². The van der Waals surface area contributed by atoms with Crippen LogP contribution in [0, 0.1) is 0 Å². The second-order valence-electron chi connectivity index (χ2n) is 5.69. The second kappa shape index (κ2) is 6.34. The van der Waals surface area contributed by atoms with Crippen molar-refractivity contribution >= 4 is 5.91 Å². The van der Waals surface area contributed by atoms with Crippen molar-refractivity contribution in [2.24, 2.45) is 5.73 Å². The predicted molar refractivity (Wildman–Crippen MR) is 85.5 cm³/mol. The number of nitrogens with zero attached hydrogens (tertiary/aromatic N) is 3. The summed E-state index contributed by atoms with van der Waals surface area (Å²) in [5, 5.41) is 0. The van der Waals surface area contributed by atoms with Gasteiger partial charge < -0.3 is 10.5 Å². The summed E-state index contributed by atoms with van der Waals surface area (Å²) >= 11 is 0. The molecule has 120 valence electrons. The van der Waals surface area contributed by atoms with E-state index in [1.807, 2.05) is 24.3 Å². The fraction of sp³-hybridized carbons (Fsp3) is 0.353. The summed E-state index contributed by atoms with van der Waals surface area (Å²) < 4.78 is 5.27. The van der Waals surface area contributed by atoms with E-state index in [9.17, 15) is 4.79 Å². The van der Waals surface area contributed by atoms with Crippen LogP contribution in [0.2, 0.25) is 0 Å². The molecule has 1 saturated heterocycles. The van der Waals surface area contributed by atoms with Crippen LogP contribution in [0.3, 0.4) is 0 Å². The maximum absolute atomic E-state index is 12.3. The van der Waals surface area contributed by atoms with Crippen LogP contribution in [0.4, 0.5) is 0 Å². The van der Waals surface area contributed by atoms with Crippen LogP contribution in [0.5, 0.6) is 5.75 Å². The molecule has 1 aliphatic heterocycles. The van der Waals surface area contributed by atoms with Crippen LogP contribution >= 0.6 is 0 Å². The number of ether oxygens (including phenoxy) is 1. The number of nitrogens with two attached hydrogens (primary N) is 1. The molecule has 1 aromatic heterocycles. The molecule has 1 unspecified atom stereocenters. The maximum Gasteiger partial charge on any atom is 0.244 e. The highest BCUT2D eigenvalue weighted by molar-refractivity contribution is 5.86. The summed E-state index contributed by atoms with van der Waals surface area (Å²) in [6, 6.07) is 7.83. The molecule has 1 aromatic carbocycles. The van der Waals surface area contributed by atoms with Gasteiger partial charge in [0.05, 0.1) is 19.0 Å². The number of aromatic nitrogens is 2. The van der Waals surface area contributed by atoms with Crippen LogP contribution in [-0.2, 0) is 16.9 Å². The second-order valence-corrected chi connectivity index (χ2v) is 5.69. The number of amides is 1. The molecule has 1 amide bonds. The normalized spacial score (nSPS) is 21.3. The van der Waals surface area contributed by atoms with E-state index in [4.69, 9.17) is 10.5 Å². The number of hydrogen-bond donors (Lipinski definition) is 1. The van der Waals surface area contributed by atoms with Crippen LogP contribution in [-0.4, -0.2) is 34.4 Å². The van der Waals surface area contributed by atoms with Gasteiger partial charge in [-0.2, -0.15) is 0 Å². The number of primary amides is 1. The molecule has 0 radical (unpaired) electrons. The Bertz CT molecular complexity index is 692. The number of carbonyl (C=O) groups excluding carboxylic acids is 1. The van der Waals surface area contributed by atoms with Gasteiger partial charge in [-0.1, -0.05) is 12.1 Å². The van der Waals surface area contributed by atoms with Crippen molar-refractivity contribution in [2.75, 3.05) is 13.7 Å². The molecule has 3 rings (SSSR count). The standard InChI is InChI=1S/C17H20N4O2/c1-23-14-5-2-4-13(10-14)12-21-9-3-6-17(21,16(18)22)15-11-19-7-8-20-15/h2,4-5,7-8,10-11H,3,6,9,12H2,1H3,(H2,18,22). The molecular formula is C17H20N4O2. The molecule has 0 saturated carbocycles. The lowest BCUT2D eigenvalue weighted by Gasteiger charge is -2.35. The van der Waals surface area contributed by atoms with Gasteiger partial charge in [-0.05, 0) is 37.1 Å². The van der Waals surface area contributed by atoms with Gasteiger partial charge in [-0.3, -0.25) is 19.7 Å². The summed E-state index contributed by atoms with van der Waals surface area (Å²) in [6.07, 6.45) is 6.38. The third kappa shape index (κ3) is 2.77. The van der Waals surface area contributed by atoms with Crippen LogP contribution < -0.4 is 10.5 Å². The summed E-state index contributed by atoms with van der Waals surface area (Å²) in [5.74, 6) is 0.421. The summed E-state index contributed by atoms with van der Waals surface area (Å²) in [5.41, 5.74) is 6.59. The first-order chi connectivity index (χ1) is 11.2. The first-order valence-corrected chi connectivity index (χ1v) is 7.61. The Hall–Kier alpha value is -2.47. The van der Waals surface area contributed by atoms with Crippen molar-refractivity contribution in [3.63, 3.8) is 0 Å². The topological polar surface area (TPSA) is 81.3 Å². The van der Waals surface area contributed by atoms with E-state index in [2.05, 4.69) is 14.9 Å². The number of rotatable bonds is 5. The van der Waals surface area contributed by atoms with Gasteiger partial charge >= 0.3 is 0 Å². The maximum atomic E-state index is 12.3. The highest BCUT2D eigenvalue weighted by atomic mass is 16.5. The van der Waals surface area contributed by atoms with E-state index >= 15 is 0 Å². The molecule has 0 spiro atoms. The van der Waals surface area contributed by atoms with E-state index in [-0.39, 0.29) is 5.91 Å². The van der Waals surface area contributed by atoms with Crippen molar-refractivity contribution < 1.29 is 9.53 Å². The zero-order valence-electron chi connectivity index (χ0n) is 13.1. The quantitative estimate of drug-likeness (QED) is 0.904. The molecule has 2 heterocycles. The first-order valence-electron chi connectivity index (χ1n) is 7.61. The minimum atomic E-state index is -0.892. The van der Waals surface area contributed by atoms with Crippen molar-refractivity contribution in [3.05, 3.63) is 54.1 Å². The lowest BCUT2D eigenvalue weighted by molar-refractivity contribution is -0.129. The number of methoxy groups -OCH3 is 1. The average Bonchev–Trinajstić information content (AvgIpc) is 3.00. The predicted octanol–water partition coefficient (Wildman–Crippen LogP) is 1.46. The summed E-state index contributed by atoms with van der Waals surface area (Å²) in [7, 11) is 1.64. The largest absolute Gasteiger partial charge is 0.497 e. The lowest BCUT2D eigenvalue weighted by Crippen LogP contribution is -2.51. The Labute approximate surface area is 135 Å². The Morgan fingerprint density at radius 3 is 3.00 bits per heavy atom. The van der Waals surface area contributed by atoms with Crippen molar-refractivity contribution in [1.82, 2.24) is 14.9 Å². The number of benzene rings is 1. The molecular weight excluding hydrogens is 292 g/mol. The van der Waals surface area contributed by atoms with Crippen molar-refractivity contribution in [3.8, 4) is 5.75 Å². The van der Waals surface area contributed by atoms with E-state index in [1.54, 1.807) is 25.7 Å². The summed E-state index contributed by atoms with van der Waals surface area (Å²) in [4.78, 5) is 22.9. The first kappa shape index (κ1) is 15.4. The smallest absolute Gasteiger partial charge is 0.244 e. The average molecular weight is 312 g/mol. The minimum Gasteiger partial charge on any atom is -0.497 e. The molecule has 6 heteroatoms. The van der Waals surface area contributed by atoms with Crippen molar-refractivity contribution in [1.29, 1.82) is 0 Å². The van der Waals surface area contributed by atoms with Crippen LogP contribution in [0.15, 0.2) is 42.9 Å². The van der Waals surface area contributed by atoms with E-state index in [0.717, 1.165) is 24.3 Å². The molecule has 1 fully saturated rings. The Morgan fingerprint density at radius 2 is 2.30 bits per heavy atom. The molecule has 0 bridgehead atoms. The summed E-state index contributed by atoms with van der Waals surface area (Å²) in [6.45, 7) is 1.40. The van der Waals surface area contributed by atoms with E-state index in [1.165, 1.54) is 0 Å². The van der Waals surface area contributed by atoms with Gasteiger partial charge in [0.1, 0.15) is 11.3 Å². The van der Waals surface area contributed by atoms with Crippen LogP contribution in [0.1, 0.15) is 24.1 Å².